The van der Waals surface area contributed by atoms with Crippen molar-refractivity contribution in [2.45, 2.75) is 19.4 Å². The number of amides is 1. The quantitative estimate of drug-likeness (QED) is 0.327. The van der Waals surface area contributed by atoms with Crippen LogP contribution in [0.5, 0.6) is 0 Å². The fraction of sp³-hybridized carbons (Fsp3) is 0.185. The summed E-state index contributed by atoms with van der Waals surface area (Å²) in [6.45, 7) is 2.56. The summed E-state index contributed by atoms with van der Waals surface area (Å²) >= 11 is 1.50. The zero-order valence-electron chi connectivity index (χ0n) is 19.0. The first-order valence-electron chi connectivity index (χ1n) is 11.6. The molecule has 0 atom stereocenters. The van der Waals surface area contributed by atoms with Crippen molar-refractivity contribution in [1.82, 2.24) is 19.9 Å². The van der Waals surface area contributed by atoms with E-state index in [0.717, 1.165) is 52.4 Å². The summed E-state index contributed by atoms with van der Waals surface area (Å²) in [4.78, 5) is 30.4. The third-order valence-corrected chi connectivity index (χ3v) is 7.08. The van der Waals surface area contributed by atoms with E-state index < -0.39 is 0 Å². The number of para-hydroxylation sites is 1. The van der Waals surface area contributed by atoms with Crippen molar-refractivity contribution in [3.8, 4) is 22.0 Å². The van der Waals surface area contributed by atoms with Crippen molar-refractivity contribution < 1.29 is 9.21 Å². The minimum atomic E-state index is -0.295. The number of nitrogens with zero attached hydrogens (tertiary/aromatic N) is 4. The van der Waals surface area contributed by atoms with Crippen LogP contribution in [-0.2, 0) is 6.54 Å². The lowest BCUT2D eigenvalue weighted by Crippen LogP contribution is -2.21. The van der Waals surface area contributed by atoms with Gasteiger partial charge in [-0.15, -0.1) is 0 Å². The van der Waals surface area contributed by atoms with E-state index in [9.17, 15) is 4.79 Å². The third-order valence-electron chi connectivity index (χ3n) is 6.07. The fourth-order valence-electron chi connectivity index (χ4n) is 4.33. The van der Waals surface area contributed by atoms with Crippen molar-refractivity contribution in [2.75, 3.05) is 18.4 Å². The first kappa shape index (κ1) is 21.6. The van der Waals surface area contributed by atoms with Gasteiger partial charge in [-0.25, -0.2) is 15.0 Å². The van der Waals surface area contributed by atoms with Gasteiger partial charge >= 0.3 is 0 Å². The van der Waals surface area contributed by atoms with Crippen LogP contribution in [0.1, 0.15) is 29.1 Å². The normalized spacial score (nSPS) is 13.9. The number of thiazole rings is 1. The molecule has 1 fully saturated rings. The Morgan fingerprint density at radius 1 is 0.971 bits per heavy atom. The van der Waals surface area contributed by atoms with E-state index >= 15 is 0 Å². The van der Waals surface area contributed by atoms with Crippen molar-refractivity contribution in [3.05, 3.63) is 84.4 Å². The minimum absolute atomic E-state index is 0.295. The van der Waals surface area contributed by atoms with Crippen LogP contribution in [0.25, 0.3) is 32.4 Å². The molecule has 4 heterocycles. The standard InChI is InChI=1S/C27H23N5O2S/c33-24(29-20-12-5-4-11-19(20)26-30-21-13-8-14-28-27(21)35-26)23-22(17-32-15-6-7-16-32)34-25(31-23)18-9-2-1-3-10-18/h1-5,8-14H,6-7,15-17H2,(H,29,33). The highest BCUT2D eigenvalue weighted by Gasteiger charge is 2.25. The Labute approximate surface area is 206 Å². The number of hydrogen-bond acceptors (Lipinski definition) is 7. The first-order valence-corrected chi connectivity index (χ1v) is 12.5. The van der Waals surface area contributed by atoms with E-state index in [1.807, 2.05) is 66.7 Å². The number of likely N-dealkylation sites (tertiary alicyclic amines) is 1. The van der Waals surface area contributed by atoms with Crippen LogP contribution < -0.4 is 5.32 Å². The van der Waals surface area contributed by atoms with Gasteiger partial charge < -0.3 is 9.73 Å². The number of hydrogen-bond donors (Lipinski definition) is 1. The molecule has 7 nitrogen and oxygen atoms in total. The molecule has 1 N–H and O–H groups in total. The van der Waals surface area contributed by atoms with Gasteiger partial charge in [0.1, 0.15) is 15.4 Å². The van der Waals surface area contributed by atoms with Gasteiger partial charge in [-0.05, 0) is 62.3 Å². The number of carbonyl (C=O) groups is 1. The molecule has 0 bridgehead atoms. The van der Waals surface area contributed by atoms with Gasteiger partial charge in [-0.2, -0.15) is 0 Å². The molecule has 0 aliphatic carbocycles. The zero-order valence-corrected chi connectivity index (χ0v) is 19.8. The highest BCUT2D eigenvalue weighted by molar-refractivity contribution is 7.21. The summed E-state index contributed by atoms with van der Waals surface area (Å²) in [7, 11) is 0. The maximum Gasteiger partial charge on any atom is 0.278 e. The molecule has 1 saturated heterocycles. The van der Waals surface area contributed by atoms with Gasteiger partial charge in [-0.3, -0.25) is 9.69 Å². The van der Waals surface area contributed by atoms with Gasteiger partial charge in [-0.1, -0.05) is 41.7 Å². The van der Waals surface area contributed by atoms with Gasteiger partial charge in [0.05, 0.1) is 12.2 Å². The number of oxazole rings is 1. The molecule has 1 aliphatic heterocycles. The number of nitrogens with one attached hydrogen (secondary N) is 1. The Bertz CT molecular complexity index is 1460. The van der Waals surface area contributed by atoms with Gasteiger partial charge in [0.2, 0.25) is 5.89 Å². The first-order chi connectivity index (χ1) is 17.2. The maximum absolute atomic E-state index is 13.5. The second-order valence-corrected chi connectivity index (χ2v) is 9.46. The topological polar surface area (TPSA) is 84.2 Å². The molecule has 0 radical (unpaired) electrons. The molecule has 5 aromatic rings. The van der Waals surface area contributed by atoms with Gasteiger partial charge in [0.15, 0.2) is 11.5 Å². The van der Waals surface area contributed by atoms with Crippen molar-refractivity contribution in [2.24, 2.45) is 0 Å². The number of fused-ring (bicyclic) bond motifs is 1. The van der Waals surface area contributed by atoms with Crippen molar-refractivity contribution in [1.29, 1.82) is 0 Å². The molecule has 0 saturated carbocycles. The molecule has 1 amide bonds. The van der Waals surface area contributed by atoms with E-state index in [1.54, 1.807) is 6.20 Å². The molecule has 2 aromatic carbocycles. The predicted octanol–water partition coefficient (Wildman–Crippen LogP) is 5.86. The lowest BCUT2D eigenvalue weighted by molar-refractivity contribution is 0.101. The largest absolute Gasteiger partial charge is 0.439 e. The number of anilines is 1. The second-order valence-electron chi connectivity index (χ2n) is 8.49. The van der Waals surface area contributed by atoms with E-state index in [0.29, 0.717) is 29.6 Å². The lowest BCUT2D eigenvalue weighted by Gasteiger charge is -2.13. The average molecular weight is 482 g/mol. The van der Waals surface area contributed by atoms with Crippen LogP contribution in [0, 0.1) is 0 Å². The number of benzene rings is 2. The van der Waals surface area contributed by atoms with Crippen molar-refractivity contribution in [3.63, 3.8) is 0 Å². The molecule has 0 unspecified atom stereocenters. The lowest BCUT2D eigenvalue weighted by atomic mass is 10.1. The molecule has 1 aliphatic rings. The second kappa shape index (κ2) is 9.40. The summed E-state index contributed by atoms with van der Waals surface area (Å²) in [5.41, 5.74) is 3.52. The average Bonchev–Trinajstić information content (AvgIpc) is 3.65. The van der Waals surface area contributed by atoms with Gasteiger partial charge in [0.25, 0.3) is 5.91 Å². The highest BCUT2D eigenvalue weighted by Crippen LogP contribution is 2.34. The number of rotatable bonds is 6. The van der Waals surface area contributed by atoms with Crippen LogP contribution in [0.4, 0.5) is 5.69 Å². The van der Waals surface area contributed by atoms with Crippen LogP contribution >= 0.6 is 11.3 Å². The molecule has 6 rings (SSSR count). The van der Waals surface area contributed by atoms with E-state index in [4.69, 9.17) is 9.40 Å². The van der Waals surface area contributed by atoms with Crippen LogP contribution in [0.3, 0.4) is 0 Å². The van der Waals surface area contributed by atoms with Crippen LogP contribution in [-0.4, -0.2) is 38.8 Å². The monoisotopic (exact) mass is 481 g/mol. The number of carbonyl (C=O) groups excluding carboxylic acids is 1. The smallest absolute Gasteiger partial charge is 0.278 e. The third kappa shape index (κ3) is 4.45. The number of pyridine rings is 1. The minimum Gasteiger partial charge on any atom is -0.439 e. The van der Waals surface area contributed by atoms with Crippen LogP contribution in [0.15, 0.2) is 77.3 Å². The number of aromatic nitrogens is 3. The fourth-order valence-corrected chi connectivity index (χ4v) is 5.28. The Hall–Kier alpha value is -3.88. The Morgan fingerprint density at radius 3 is 2.60 bits per heavy atom. The molecule has 35 heavy (non-hydrogen) atoms. The molecule has 3 aromatic heterocycles. The maximum atomic E-state index is 13.5. The zero-order chi connectivity index (χ0) is 23.6. The van der Waals surface area contributed by atoms with Crippen molar-refractivity contribution >= 4 is 33.3 Å². The summed E-state index contributed by atoms with van der Waals surface area (Å²) < 4.78 is 6.14. The Kier molecular flexibility index (Phi) is 5.81. The molecule has 174 valence electrons. The molecule has 8 heteroatoms. The van der Waals surface area contributed by atoms with Gasteiger partial charge in [0, 0.05) is 17.3 Å². The summed E-state index contributed by atoms with van der Waals surface area (Å²) in [6.07, 6.45) is 4.08. The molecular formula is C27H23N5O2S. The molecule has 0 spiro atoms. The van der Waals surface area contributed by atoms with E-state index in [1.165, 1.54) is 11.3 Å². The summed E-state index contributed by atoms with van der Waals surface area (Å²) in [5.74, 6) is 0.747. The summed E-state index contributed by atoms with van der Waals surface area (Å²) in [6, 6.07) is 21.2. The Morgan fingerprint density at radius 2 is 1.77 bits per heavy atom. The Balaban J connectivity index is 1.34. The SMILES string of the molecule is O=C(Nc1ccccc1-c1nc2cccnc2s1)c1nc(-c2ccccc2)oc1CN1CCCC1. The predicted molar refractivity (Wildman–Crippen MR) is 137 cm³/mol. The van der Waals surface area contributed by atoms with E-state index in [-0.39, 0.29) is 5.91 Å². The molecular weight excluding hydrogens is 458 g/mol. The van der Waals surface area contributed by atoms with E-state index in [2.05, 4.69) is 20.2 Å². The van der Waals surface area contributed by atoms with Crippen LogP contribution in [0.2, 0.25) is 0 Å². The summed E-state index contributed by atoms with van der Waals surface area (Å²) in [5, 5.41) is 3.87. The highest BCUT2D eigenvalue weighted by atomic mass is 32.1.